The van der Waals surface area contributed by atoms with Crippen molar-refractivity contribution in [3.8, 4) is 22.6 Å². The standard InChI is InChI=1S/C21H14O5/c1-24-21(23)18-11-10-17(25-18)15-9-5-8-14-16(22)12-19(26-20(14)15)13-6-3-2-4-7-13/h2-12H,1H3. The van der Waals surface area contributed by atoms with Gasteiger partial charge in [0.25, 0.3) is 0 Å². The lowest BCUT2D eigenvalue weighted by Gasteiger charge is -2.06. The topological polar surface area (TPSA) is 69.7 Å². The largest absolute Gasteiger partial charge is 0.463 e. The number of hydrogen-bond acceptors (Lipinski definition) is 5. The third-order valence-corrected chi connectivity index (χ3v) is 4.07. The predicted molar refractivity (Wildman–Crippen MR) is 97.0 cm³/mol. The molecule has 0 atom stereocenters. The number of esters is 1. The van der Waals surface area contributed by atoms with Crippen LogP contribution >= 0.6 is 0 Å². The van der Waals surface area contributed by atoms with Gasteiger partial charge in [-0.25, -0.2) is 4.79 Å². The lowest BCUT2D eigenvalue weighted by Crippen LogP contribution is -2.01. The van der Waals surface area contributed by atoms with Crippen molar-refractivity contribution < 1.29 is 18.4 Å². The van der Waals surface area contributed by atoms with E-state index in [1.807, 2.05) is 30.3 Å². The number of carbonyl (C=O) groups excluding carboxylic acids is 1. The number of hydrogen-bond donors (Lipinski definition) is 0. The first-order valence-corrected chi connectivity index (χ1v) is 7.98. The van der Waals surface area contributed by atoms with Crippen LogP contribution in [0.1, 0.15) is 10.6 Å². The molecule has 0 aliphatic heterocycles. The second-order valence-electron chi connectivity index (χ2n) is 5.68. The van der Waals surface area contributed by atoms with Crippen LogP contribution in [-0.4, -0.2) is 13.1 Å². The van der Waals surface area contributed by atoms with E-state index in [9.17, 15) is 9.59 Å². The highest BCUT2D eigenvalue weighted by Crippen LogP contribution is 2.31. The zero-order valence-electron chi connectivity index (χ0n) is 13.9. The highest BCUT2D eigenvalue weighted by molar-refractivity contribution is 5.93. The maximum absolute atomic E-state index is 12.6. The van der Waals surface area contributed by atoms with Gasteiger partial charge in [-0.15, -0.1) is 0 Å². The lowest BCUT2D eigenvalue weighted by molar-refractivity contribution is 0.0566. The molecule has 0 bridgehead atoms. The Kier molecular flexibility index (Phi) is 3.89. The molecule has 128 valence electrons. The summed E-state index contributed by atoms with van der Waals surface area (Å²) < 4.78 is 16.3. The Morgan fingerprint density at radius 2 is 1.69 bits per heavy atom. The van der Waals surface area contributed by atoms with Crippen molar-refractivity contribution in [1.29, 1.82) is 0 Å². The summed E-state index contributed by atoms with van der Waals surface area (Å²) in [5.74, 6) is 0.406. The minimum atomic E-state index is -0.567. The lowest BCUT2D eigenvalue weighted by atomic mass is 10.1. The Labute approximate surface area is 148 Å². The quantitative estimate of drug-likeness (QED) is 0.511. The van der Waals surface area contributed by atoms with Gasteiger partial charge in [0, 0.05) is 11.6 Å². The van der Waals surface area contributed by atoms with Crippen molar-refractivity contribution in [2.24, 2.45) is 0 Å². The zero-order valence-corrected chi connectivity index (χ0v) is 13.9. The Bertz CT molecular complexity index is 1150. The van der Waals surface area contributed by atoms with Gasteiger partial charge in [-0.2, -0.15) is 0 Å². The second kappa shape index (κ2) is 6.37. The summed E-state index contributed by atoms with van der Waals surface area (Å²) in [5.41, 5.74) is 1.65. The maximum atomic E-state index is 12.6. The summed E-state index contributed by atoms with van der Waals surface area (Å²) in [6.45, 7) is 0. The Morgan fingerprint density at radius 1 is 0.885 bits per heavy atom. The van der Waals surface area contributed by atoms with Gasteiger partial charge in [0.1, 0.15) is 17.1 Å². The number of para-hydroxylation sites is 1. The van der Waals surface area contributed by atoms with E-state index in [0.29, 0.717) is 28.1 Å². The summed E-state index contributed by atoms with van der Waals surface area (Å²) in [6, 6.07) is 19.3. The number of fused-ring (bicyclic) bond motifs is 1. The van der Waals surface area contributed by atoms with E-state index in [1.165, 1.54) is 19.2 Å². The molecule has 5 heteroatoms. The Morgan fingerprint density at radius 3 is 2.46 bits per heavy atom. The van der Waals surface area contributed by atoms with E-state index in [1.54, 1.807) is 24.3 Å². The van der Waals surface area contributed by atoms with Gasteiger partial charge in [0.05, 0.1) is 18.1 Å². The molecule has 4 rings (SSSR count). The fraction of sp³-hybridized carbons (Fsp3) is 0.0476. The summed E-state index contributed by atoms with van der Waals surface area (Å²) in [6.07, 6.45) is 0. The van der Waals surface area contributed by atoms with Crippen molar-refractivity contribution in [3.05, 3.63) is 82.7 Å². The van der Waals surface area contributed by atoms with Crippen LogP contribution < -0.4 is 5.43 Å². The van der Waals surface area contributed by atoms with Crippen LogP contribution in [0.5, 0.6) is 0 Å². The van der Waals surface area contributed by atoms with Gasteiger partial charge >= 0.3 is 5.97 Å². The van der Waals surface area contributed by atoms with Crippen LogP contribution in [0, 0.1) is 0 Å². The molecule has 4 aromatic rings. The predicted octanol–water partition coefficient (Wildman–Crippen LogP) is 4.51. The summed E-state index contributed by atoms with van der Waals surface area (Å²) in [5, 5.41) is 0.443. The number of ether oxygens (including phenoxy) is 1. The maximum Gasteiger partial charge on any atom is 0.373 e. The Balaban J connectivity index is 1.93. The van der Waals surface area contributed by atoms with Crippen LogP contribution in [0.4, 0.5) is 0 Å². The summed E-state index contributed by atoms with van der Waals surface area (Å²) in [4.78, 5) is 24.2. The van der Waals surface area contributed by atoms with Crippen molar-refractivity contribution in [2.75, 3.05) is 7.11 Å². The number of rotatable bonds is 3. The molecular formula is C21H14O5. The smallest absolute Gasteiger partial charge is 0.373 e. The highest BCUT2D eigenvalue weighted by Gasteiger charge is 2.17. The van der Waals surface area contributed by atoms with Crippen molar-refractivity contribution >= 4 is 16.9 Å². The Hall–Kier alpha value is -3.60. The van der Waals surface area contributed by atoms with E-state index in [0.717, 1.165) is 5.56 Å². The molecule has 0 fully saturated rings. The third kappa shape index (κ3) is 2.69. The van der Waals surface area contributed by atoms with Crippen LogP contribution in [-0.2, 0) is 4.74 Å². The van der Waals surface area contributed by atoms with E-state index >= 15 is 0 Å². The molecule has 0 aliphatic carbocycles. The molecule has 5 nitrogen and oxygen atoms in total. The first kappa shape index (κ1) is 15.9. The van der Waals surface area contributed by atoms with Gasteiger partial charge in [0.2, 0.25) is 5.76 Å². The summed E-state index contributed by atoms with van der Waals surface area (Å²) >= 11 is 0. The van der Waals surface area contributed by atoms with Gasteiger partial charge in [-0.05, 0) is 24.3 Å². The third-order valence-electron chi connectivity index (χ3n) is 4.07. The normalized spacial score (nSPS) is 10.8. The molecule has 0 unspecified atom stereocenters. The molecule has 0 aliphatic rings. The molecule has 0 saturated carbocycles. The fourth-order valence-electron chi connectivity index (χ4n) is 2.81. The number of methoxy groups -OCH3 is 1. The molecular weight excluding hydrogens is 332 g/mol. The molecule has 0 radical (unpaired) electrons. The number of furan rings is 1. The molecule has 0 spiro atoms. The van der Waals surface area contributed by atoms with Crippen LogP contribution in [0.3, 0.4) is 0 Å². The minimum absolute atomic E-state index is 0.0843. The molecule has 2 aromatic carbocycles. The molecule has 2 heterocycles. The number of carbonyl (C=O) groups is 1. The molecule has 2 aromatic heterocycles. The van der Waals surface area contributed by atoms with E-state index in [2.05, 4.69) is 4.74 Å². The van der Waals surface area contributed by atoms with Crippen LogP contribution in [0.15, 0.2) is 80.4 Å². The molecule has 0 saturated heterocycles. The average Bonchev–Trinajstić information content (AvgIpc) is 3.17. The zero-order chi connectivity index (χ0) is 18.1. The van der Waals surface area contributed by atoms with Gasteiger partial charge in [-0.1, -0.05) is 36.4 Å². The SMILES string of the molecule is COC(=O)c1ccc(-c2cccc3c(=O)cc(-c4ccccc4)oc23)o1. The van der Waals surface area contributed by atoms with E-state index in [-0.39, 0.29) is 11.2 Å². The van der Waals surface area contributed by atoms with Crippen LogP contribution in [0.2, 0.25) is 0 Å². The second-order valence-corrected chi connectivity index (χ2v) is 5.68. The van der Waals surface area contributed by atoms with Crippen molar-refractivity contribution in [1.82, 2.24) is 0 Å². The molecule has 0 N–H and O–H groups in total. The van der Waals surface area contributed by atoms with Gasteiger partial charge in [0.15, 0.2) is 5.43 Å². The molecule has 0 amide bonds. The summed E-state index contributed by atoms with van der Waals surface area (Å²) in [7, 11) is 1.29. The van der Waals surface area contributed by atoms with Crippen molar-refractivity contribution in [2.45, 2.75) is 0 Å². The minimum Gasteiger partial charge on any atom is -0.463 e. The number of benzene rings is 2. The van der Waals surface area contributed by atoms with E-state index < -0.39 is 5.97 Å². The fourth-order valence-corrected chi connectivity index (χ4v) is 2.81. The van der Waals surface area contributed by atoms with E-state index in [4.69, 9.17) is 8.83 Å². The first-order valence-electron chi connectivity index (χ1n) is 7.98. The average molecular weight is 346 g/mol. The van der Waals surface area contributed by atoms with Gasteiger partial charge < -0.3 is 13.6 Å². The highest BCUT2D eigenvalue weighted by atomic mass is 16.5. The molecule has 26 heavy (non-hydrogen) atoms. The van der Waals surface area contributed by atoms with Crippen molar-refractivity contribution in [3.63, 3.8) is 0 Å². The monoisotopic (exact) mass is 346 g/mol. The van der Waals surface area contributed by atoms with Gasteiger partial charge in [-0.3, -0.25) is 4.79 Å². The van der Waals surface area contributed by atoms with Crippen LogP contribution in [0.25, 0.3) is 33.6 Å². The first-order chi connectivity index (χ1) is 12.7.